The smallest absolute Gasteiger partial charge is 0.172 e. The molecule has 1 aromatic heterocycles. The summed E-state index contributed by atoms with van der Waals surface area (Å²) < 4.78 is 16.1. The predicted molar refractivity (Wildman–Crippen MR) is 118 cm³/mol. The van der Waals surface area contributed by atoms with E-state index in [0.29, 0.717) is 29.6 Å². The number of ether oxygens (including phenoxy) is 3. The van der Waals surface area contributed by atoms with E-state index in [2.05, 4.69) is 20.5 Å². The van der Waals surface area contributed by atoms with Gasteiger partial charge in [0.1, 0.15) is 11.4 Å². The standard InChI is InChI=1S/C23H24N4O3/c1-4-30-19-11-9-18(10-12-19)26-23(20-7-5-6-14-24-20)27-25-16-17-8-13-21(28-2)22(15-17)29-3/h5-16H,4H2,1-3H3,(H,26,27)/b25-16+. The zero-order valence-electron chi connectivity index (χ0n) is 17.2. The Morgan fingerprint density at radius 3 is 2.47 bits per heavy atom. The molecule has 0 fully saturated rings. The van der Waals surface area contributed by atoms with E-state index in [-0.39, 0.29) is 0 Å². The Bertz CT molecular complexity index is 1000. The number of methoxy groups -OCH3 is 2. The van der Waals surface area contributed by atoms with E-state index in [9.17, 15) is 0 Å². The summed E-state index contributed by atoms with van der Waals surface area (Å²) in [5, 5.41) is 4.33. The van der Waals surface area contributed by atoms with Crippen molar-refractivity contribution in [2.45, 2.75) is 6.92 Å². The Hall–Kier alpha value is -3.87. The minimum Gasteiger partial charge on any atom is -0.494 e. The zero-order valence-corrected chi connectivity index (χ0v) is 17.2. The number of aliphatic imine (C=N–C) groups is 1. The number of nitrogens with one attached hydrogen (secondary N) is 1. The first-order valence-corrected chi connectivity index (χ1v) is 9.47. The molecule has 0 radical (unpaired) electrons. The van der Waals surface area contributed by atoms with Gasteiger partial charge in [-0.25, -0.2) is 4.99 Å². The Kier molecular flexibility index (Phi) is 7.38. The minimum atomic E-state index is 0.525. The maximum atomic E-state index is 5.48. The van der Waals surface area contributed by atoms with Crippen LogP contribution >= 0.6 is 0 Å². The van der Waals surface area contributed by atoms with Crippen LogP contribution in [0.15, 0.2) is 77.0 Å². The third-order valence-electron chi connectivity index (χ3n) is 4.09. The summed E-state index contributed by atoms with van der Waals surface area (Å²) in [6.07, 6.45) is 3.39. The fourth-order valence-corrected chi connectivity index (χ4v) is 2.66. The van der Waals surface area contributed by atoms with Gasteiger partial charge in [-0.15, -0.1) is 0 Å². The summed E-state index contributed by atoms with van der Waals surface area (Å²) >= 11 is 0. The molecule has 7 heteroatoms. The molecule has 0 bridgehead atoms. The Morgan fingerprint density at radius 1 is 1.00 bits per heavy atom. The second-order valence-corrected chi connectivity index (χ2v) is 6.09. The van der Waals surface area contributed by atoms with Crippen molar-refractivity contribution in [3.8, 4) is 17.2 Å². The van der Waals surface area contributed by atoms with Gasteiger partial charge in [-0.05, 0) is 67.1 Å². The summed E-state index contributed by atoms with van der Waals surface area (Å²) in [6.45, 7) is 2.57. The zero-order chi connectivity index (χ0) is 21.2. The van der Waals surface area contributed by atoms with Crippen LogP contribution in [-0.2, 0) is 0 Å². The summed E-state index contributed by atoms with van der Waals surface area (Å²) in [5.41, 5.74) is 5.28. The first-order chi connectivity index (χ1) is 14.7. The maximum Gasteiger partial charge on any atom is 0.172 e. The SMILES string of the molecule is CCOc1ccc(N=C(N/N=C/c2ccc(OC)c(OC)c2)c2ccccn2)cc1. The third-order valence-corrected chi connectivity index (χ3v) is 4.09. The van der Waals surface area contributed by atoms with E-state index in [1.807, 2.05) is 67.6 Å². The molecule has 1 heterocycles. The second-order valence-electron chi connectivity index (χ2n) is 6.09. The first kappa shape index (κ1) is 20.9. The molecule has 0 atom stereocenters. The van der Waals surface area contributed by atoms with E-state index in [4.69, 9.17) is 14.2 Å². The number of benzene rings is 2. The van der Waals surface area contributed by atoms with Gasteiger partial charge in [-0.2, -0.15) is 5.10 Å². The van der Waals surface area contributed by atoms with Crippen LogP contribution in [0.2, 0.25) is 0 Å². The maximum absolute atomic E-state index is 5.48. The normalized spacial score (nSPS) is 11.4. The number of hydrazone groups is 1. The van der Waals surface area contributed by atoms with Crippen LogP contribution < -0.4 is 19.6 Å². The highest BCUT2D eigenvalue weighted by Crippen LogP contribution is 2.26. The van der Waals surface area contributed by atoms with E-state index in [0.717, 1.165) is 17.0 Å². The van der Waals surface area contributed by atoms with Gasteiger partial charge in [0.25, 0.3) is 0 Å². The molecule has 2 aromatic carbocycles. The number of rotatable bonds is 8. The van der Waals surface area contributed by atoms with E-state index < -0.39 is 0 Å². The molecule has 30 heavy (non-hydrogen) atoms. The molecular formula is C23H24N4O3. The Balaban J connectivity index is 1.82. The lowest BCUT2D eigenvalue weighted by Crippen LogP contribution is -2.20. The summed E-state index contributed by atoms with van der Waals surface area (Å²) in [6, 6.07) is 18.7. The monoisotopic (exact) mass is 404 g/mol. The van der Waals surface area contributed by atoms with Crippen LogP contribution in [0.1, 0.15) is 18.2 Å². The van der Waals surface area contributed by atoms with Crippen molar-refractivity contribution in [3.63, 3.8) is 0 Å². The van der Waals surface area contributed by atoms with Crippen molar-refractivity contribution >= 4 is 17.7 Å². The second kappa shape index (κ2) is 10.6. The quantitative estimate of drug-likeness (QED) is 0.346. The topological polar surface area (TPSA) is 77.3 Å². The summed E-state index contributed by atoms with van der Waals surface area (Å²) in [5.74, 6) is 2.62. The molecule has 0 aliphatic carbocycles. The van der Waals surface area contributed by atoms with Crippen LogP contribution in [0, 0.1) is 0 Å². The number of aromatic nitrogens is 1. The summed E-state index contributed by atoms with van der Waals surface area (Å²) in [4.78, 5) is 9.02. The lowest BCUT2D eigenvalue weighted by Gasteiger charge is -2.08. The highest BCUT2D eigenvalue weighted by molar-refractivity contribution is 5.99. The highest BCUT2D eigenvalue weighted by atomic mass is 16.5. The van der Waals surface area contributed by atoms with Gasteiger partial charge in [-0.3, -0.25) is 10.4 Å². The fraction of sp³-hybridized carbons (Fsp3) is 0.174. The number of amidine groups is 1. The first-order valence-electron chi connectivity index (χ1n) is 9.47. The van der Waals surface area contributed by atoms with Crippen molar-refractivity contribution in [2.75, 3.05) is 20.8 Å². The minimum absolute atomic E-state index is 0.525. The van der Waals surface area contributed by atoms with Gasteiger partial charge in [0.05, 0.1) is 32.7 Å². The van der Waals surface area contributed by atoms with Gasteiger partial charge < -0.3 is 14.2 Å². The van der Waals surface area contributed by atoms with E-state index in [1.165, 1.54) is 0 Å². The van der Waals surface area contributed by atoms with Gasteiger partial charge >= 0.3 is 0 Å². The number of hydrogen-bond acceptors (Lipinski definition) is 6. The van der Waals surface area contributed by atoms with Gasteiger partial charge in [0.2, 0.25) is 0 Å². The van der Waals surface area contributed by atoms with Crippen molar-refractivity contribution in [1.82, 2.24) is 10.4 Å². The fourth-order valence-electron chi connectivity index (χ4n) is 2.66. The van der Waals surface area contributed by atoms with Gasteiger partial charge in [0.15, 0.2) is 17.3 Å². The van der Waals surface area contributed by atoms with E-state index in [1.54, 1.807) is 26.6 Å². The van der Waals surface area contributed by atoms with Crippen molar-refractivity contribution in [1.29, 1.82) is 0 Å². The van der Waals surface area contributed by atoms with Crippen molar-refractivity contribution in [2.24, 2.45) is 10.1 Å². The molecule has 0 aliphatic heterocycles. The molecule has 0 saturated heterocycles. The number of nitrogens with zero attached hydrogens (tertiary/aromatic N) is 3. The Labute approximate surface area is 176 Å². The lowest BCUT2D eigenvalue weighted by molar-refractivity contribution is 0.340. The molecule has 7 nitrogen and oxygen atoms in total. The van der Waals surface area contributed by atoms with Crippen LogP contribution in [0.25, 0.3) is 0 Å². The molecule has 0 unspecified atom stereocenters. The molecule has 0 saturated carbocycles. The molecule has 3 rings (SSSR count). The van der Waals surface area contributed by atoms with Crippen LogP contribution in [0.3, 0.4) is 0 Å². The molecule has 3 aromatic rings. The third kappa shape index (κ3) is 5.57. The number of pyridine rings is 1. The molecule has 154 valence electrons. The van der Waals surface area contributed by atoms with Crippen molar-refractivity contribution < 1.29 is 14.2 Å². The van der Waals surface area contributed by atoms with E-state index >= 15 is 0 Å². The molecule has 0 spiro atoms. The lowest BCUT2D eigenvalue weighted by atomic mass is 10.2. The van der Waals surface area contributed by atoms with Crippen LogP contribution in [0.4, 0.5) is 5.69 Å². The van der Waals surface area contributed by atoms with Crippen LogP contribution in [-0.4, -0.2) is 37.9 Å². The number of hydrogen-bond donors (Lipinski definition) is 1. The summed E-state index contributed by atoms with van der Waals surface area (Å²) in [7, 11) is 3.20. The molecule has 1 N–H and O–H groups in total. The predicted octanol–water partition coefficient (Wildman–Crippen LogP) is 4.20. The average Bonchev–Trinajstić information content (AvgIpc) is 2.80. The molecule has 0 aliphatic rings. The van der Waals surface area contributed by atoms with Crippen LogP contribution in [0.5, 0.6) is 17.2 Å². The molecular weight excluding hydrogens is 380 g/mol. The van der Waals surface area contributed by atoms with Crippen molar-refractivity contribution in [3.05, 3.63) is 78.1 Å². The van der Waals surface area contributed by atoms with Gasteiger partial charge in [-0.1, -0.05) is 6.07 Å². The largest absolute Gasteiger partial charge is 0.494 e. The Morgan fingerprint density at radius 2 is 1.80 bits per heavy atom. The molecule has 0 amide bonds. The highest BCUT2D eigenvalue weighted by Gasteiger charge is 2.06. The average molecular weight is 404 g/mol. The van der Waals surface area contributed by atoms with Gasteiger partial charge in [0, 0.05) is 6.20 Å².